The van der Waals surface area contributed by atoms with E-state index >= 15 is 0 Å². The van der Waals surface area contributed by atoms with Gasteiger partial charge in [0.2, 0.25) is 0 Å². The Morgan fingerprint density at radius 1 is 1.56 bits per heavy atom. The molecule has 2 rings (SSSR count). The van der Waals surface area contributed by atoms with Crippen molar-refractivity contribution in [2.75, 3.05) is 13.1 Å². The predicted molar refractivity (Wildman–Crippen MR) is 62.0 cm³/mol. The lowest BCUT2D eigenvalue weighted by Gasteiger charge is -2.29. The Kier molecular flexibility index (Phi) is 3.39. The molecule has 1 atom stereocenters. The molecule has 0 saturated carbocycles. The molecule has 0 aliphatic carbocycles. The smallest absolute Gasteiger partial charge is 0.138 e. The molecule has 1 saturated heterocycles. The van der Waals surface area contributed by atoms with Gasteiger partial charge in [-0.05, 0) is 6.92 Å². The van der Waals surface area contributed by atoms with Gasteiger partial charge in [-0.1, -0.05) is 6.92 Å². The summed E-state index contributed by atoms with van der Waals surface area (Å²) in [6, 6.07) is 0. The molecule has 0 radical (unpaired) electrons. The molecule has 0 N–H and O–H groups in total. The number of aromatic nitrogens is 2. The highest BCUT2D eigenvalue weighted by atomic mass is 16.1. The number of carbonyl (C=O) groups is 1. The molecule has 1 aromatic heterocycles. The monoisotopic (exact) mass is 221 g/mol. The molecule has 0 spiro atoms. The predicted octanol–water partition coefficient (Wildman–Crippen LogP) is 1.31. The molecule has 0 bridgehead atoms. The second-order valence-electron chi connectivity index (χ2n) is 4.48. The lowest BCUT2D eigenvalue weighted by atomic mass is 9.99. The molecule has 2 heterocycles. The standard InChI is InChI=1S/C12H19N3O/c1-3-15-7-5-13-12(15)9-14-6-4-11(16)10(2)8-14/h5,7,10H,3-4,6,8-9H2,1-2H3. The van der Waals surface area contributed by atoms with Crippen LogP contribution in [-0.4, -0.2) is 33.3 Å². The summed E-state index contributed by atoms with van der Waals surface area (Å²) in [6.07, 6.45) is 4.54. The fourth-order valence-electron chi connectivity index (χ4n) is 2.22. The van der Waals surface area contributed by atoms with Crippen LogP contribution in [0.5, 0.6) is 0 Å². The Hall–Kier alpha value is -1.16. The van der Waals surface area contributed by atoms with Crippen LogP contribution in [0, 0.1) is 5.92 Å². The van der Waals surface area contributed by atoms with Crippen LogP contribution in [-0.2, 0) is 17.9 Å². The van der Waals surface area contributed by atoms with Gasteiger partial charge in [-0.2, -0.15) is 0 Å². The van der Waals surface area contributed by atoms with E-state index in [-0.39, 0.29) is 5.92 Å². The maximum Gasteiger partial charge on any atom is 0.138 e. The largest absolute Gasteiger partial charge is 0.334 e. The van der Waals surface area contributed by atoms with Crippen LogP contribution in [0.25, 0.3) is 0 Å². The maximum absolute atomic E-state index is 11.4. The number of hydrogen-bond donors (Lipinski definition) is 0. The Labute approximate surface area is 96.3 Å². The highest BCUT2D eigenvalue weighted by molar-refractivity contribution is 5.81. The van der Waals surface area contributed by atoms with E-state index in [9.17, 15) is 4.79 Å². The summed E-state index contributed by atoms with van der Waals surface area (Å²) in [5, 5.41) is 0. The molecule has 1 aromatic rings. The first kappa shape index (κ1) is 11.3. The number of carbonyl (C=O) groups excluding carboxylic acids is 1. The van der Waals surface area contributed by atoms with Crippen molar-refractivity contribution in [3.63, 3.8) is 0 Å². The molecular weight excluding hydrogens is 202 g/mol. The van der Waals surface area contributed by atoms with Crippen molar-refractivity contribution >= 4 is 5.78 Å². The van der Waals surface area contributed by atoms with Crippen LogP contribution in [0.2, 0.25) is 0 Å². The average Bonchev–Trinajstić information content (AvgIpc) is 2.71. The summed E-state index contributed by atoms with van der Waals surface area (Å²) in [4.78, 5) is 18.1. The minimum absolute atomic E-state index is 0.179. The van der Waals surface area contributed by atoms with Crippen LogP contribution in [0.3, 0.4) is 0 Å². The zero-order chi connectivity index (χ0) is 11.5. The van der Waals surface area contributed by atoms with E-state index in [1.165, 1.54) is 0 Å². The van der Waals surface area contributed by atoms with Crippen molar-refractivity contribution in [2.24, 2.45) is 5.92 Å². The zero-order valence-electron chi connectivity index (χ0n) is 10.0. The van der Waals surface area contributed by atoms with E-state index < -0.39 is 0 Å². The number of nitrogens with zero attached hydrogens (tertiary/aromatic N) is 3. The Balaban J connectivity index is 1.98. The number of imidazole rings is 1. The quantitative estimate of drug-likeness (QED) is 0.772. The van der Waals surface area contributed by atoms with Gasteiger partial charge >= 0.3 is 0 Å². The van der Waals surface area contributed by atoms with Crippen LogP contribution < -0.4 is 0 Å². The van der Waals surface area contributed by atoms with Gasteiger partial charge in [0.05, 0.1) is 6.54 Å². The Morgan fingerprint density at radius 2 is 2.38 bits per heavy atom. The molecule has 88 valence electrons. The minimum atomic E-state index is 0.179. The highest BCUT2D eigenvalue weighted by Crippen LogP contribution is 2.14. The number of ketones is 1. The van der Waals surface area contributed by atoms with Crippen molar-refractivity contribution < 1.29 is 4.79 Å². The number of hydrogen-bond acceptors (Lipinski definition) is 3. The third kappa shape index (κ3) is 2.32. The van der Waals surface area contributed by atoms with Crippen molar-refractivity contribution in [3.8, 4) is 0 Å². The highest BCUT2D eigenvalue weighted by Gasteiger charge is 2.23. The fraction of sp³-hybridized carbons (Fsp3) is 0.667. The molecule has 0 aromatic carbocycles. The summed E-state index contributed by atoms with van der Waals surface area (Å²) >= 11 is 0. The second kappa shape index (κ2) is 4.78. The molecule has 1 aliphatic heterocycles. The first-order chi connectivity index (χ1) is 7.70. The fourth-order valence-corrected chi connectivity index (χ4v) is 2.22. The normalized spacial score (nSPS) is 22.6. The van der Waals surface area contributed by atoms with E-state index in [1.54, 1.807) is 0 Å². The maximum atomic E-state index is 11.4. The number of aryl methyl sites for hydroxylation is 1. The number of Topliss-reactive ketones (excluding diaryl/α,β-unsaturated/α-hetero) is 1. The van der Waals surface area contributed by atoms with Gasteiger partial charge in [0.15, 0.2) is 0 Å². The van der Waals surface area contributed by atoms with Crippen LogP contribution in [0.1, 0.15) is 26.1 Å². The molecule has 1 unspecified atom stereocenters. The topological polar surface area (TPSA) is 38.1 Å². The van der Waals surface area contributed by atoms with E-state index in [0.717, 1.165) is 32.0 Å². The van der Waals surface area contributed by atoms with E-state index in [2.05, 4.69) is 21.4 Å². The first-order valence-corrected chi connectivity index (χ1v) is 5.95. The molecule has 4 heteroatoms. The number of likely N-dealkylation sites (tertiary alicyclic amines) is 1. The average molecular weight is 221 g/mol. The van der Waals surface area contributed by atoms with Crippen molar-refractivity contribution in [3.05, 3.63) is 18.2 Å². The molecule has 1 aliphatic rings. The third-order valence-electron chi connectivity index (χ3n) is 3.26. The Morgan fingerprint density at radius 3 is 3.06 bits per heavy atom. The lowest BCUT2D eigenvalue weighted by molar-refractivity contribution is -0.125. The summed E-state index contributed by atoms with van der Waals surface area (Å²) in [5.41, 5.74) is 0. The van der Waals surface area contributed by atoms with Gasteiger partial charge in [-0.3, -0.25) is 9.69 Å². The van der Waals surface area contributed by atoms with Crippen molar-refractivity contribution in [2.45, 2.75) is 33.4 Å². The molecule has 16 heavy (non-hydrogen) atoms. The summed E-state index contributed by atoms with van der Waals surface area (Å²) in [5.74, 6) is 1.68. The Bertz CT molecular complexity index is 372. The van der Waals surface area contributed by atoms with Gasteiger partial charge in [-0.15, -0.1) is 0 Å². The van der Waals surface area contributed by atoms with E-state index in [0.29, 0.717) is 12.2 Å². The first-order valence-electron chi connectivity index (χ1n) is 5.95. The van der Waals surface area contributed by atoms with Crippen LogP contribution in [0.15, 0.2) is 12.4 Å². The molecule has 1 fully saturated rings. The van der Waals surface area contributed by atoms with Gasteiger partial charge in [-0.25, -0.2) is 4.98 Å². The summed E-state index contributed by atoms with van der Waals surface area (Å²) in [7, 11) is 0. The van der Waals surface area contributed by atoms with Crippen molar-refractivity contribution in [1.82, 2.24) is 14.5 Å². The van der Waals surface area contributed by atoms with Gasteiger partial charge in [0.25, 0.3) is 0 Å². The lowest BCUT2D eigenvalue weighted by Crippen LogP contribution is -2.39. The zero-order valence-corrected chi connectivity index (χ0v) is 10.0. The van der Waals surface area contributed by atoms with Crippen LogP contribution in [0.4, 0.5) is 0 Å². The number of piperidine rings is 1. The van der Waals surface area contributed by atoms with Crippen molar-refractivity contribution in [1.29, 1.82) is 0 Å². The van der Waals surface area contributed by atoms with E-state index in [1.807, 2.05) is 19.3 Å². The minimum Gasteiger partial charge on any atom is -0.334 e. The van der Waals surface area contributed by atoms with Gasteiger partial charge < -0.3 is 4.57 Å². The SMILES string of the molecule is CCn1ccnc1CN1CCC(=O)C(C)C1. The second-order valence-corrected chi connectivity index (χ2v) is 4.48. The van der Waals surface area contributed by atoms with E-state index in [4.69, 9.17) is 0 Å². The summed E-state index contributed by atoms with van der Waals surface area (Å²) in [6.45, 7) is 7.69. The summed E-state index contributed by atoms with van der Waals surface area (Å²) < 4.78 is 2.15. The van der Waals surface area contributed by atoms with Gasteiger partial charge in [0.1, 0.15) is 11.6 Å². The third-order valence-corrected chi connectivity index (χ3v) is 3.26. The molecular formula is C12H19N3O. The molecule has 0 amide bonds. The van der Waals surface area contributed by atoms with Crippen LogP contribution >= 0.6 is 0 Å². The number of rotatable bonds is 3. The molecule has 4 nitrogen and oxygen atoms in total. The van der Waals surface area contributed by atoms with Gasteiger partial charge in [0, 0.05) is 44.4 Å².